The van der Waals surface area contributed by atoms with Gasteiger partial charge in [0.1, 0.15) is 0 Å². The molecule has 1 aromatic carbocycles. The highest BCUT2D eigenvalue weighted by Crippen LogP contribution is 2.25. The van der Waals surface area contributed by atoms with E-state index in [0.29, 0.717) is 6.04 Å². The van der Waals surface area contributed by atoms with Gasteiger partial charge in [-0.15, -0.1) is 11.8 Å². The molecule has 2 rings (SSSR count). The quantitative estimate of drug-likeness (QED) is 0.772. The van der Waals surface area contributed by atoms with Crippen LogP contribution in [0.15, 0.2) is 40.2 Å². The third kappa shape index (κ3) is 2.12. The minimum Gasteiger partial charge on any atom is -0.344 e. The molecule has 0 aliphatic heterocycles. The molecule has 1 atom stereocenters. The van der Waals surface area contributed by atoms with Crippen LogP contribution >= 0.6 is 11.8 Å². The number of thioether (sulfide) groups is 1. The highest BCUT2D eigenvalue weighted by atomic mass is 32.2. The molecule has 3 heteroatoms. The molecule has 0 radical (unpaired) electrons. The average Bonchev–Trinajstić information content (AvgIpc) is 2.37. The molecule has 0 bridgehead atoms. The van der Waals surface area contributed by atoms with Gasteiger partial charge in [0.05, 0.1) is 10.9 Å². The van der Waals surface area contributed by atoms with Crippen molar-refractivity contribution >= 4 is 22.7 Å². The van der Waals surface area contributed by atoms with Crippen LogP contribution in [0, 0.1) is 0 Å². The Balaban J connectivity index is 2.82. The summed E-state index contributed by atoms with van der Waals surface area (Å²) in [7, 11) is 0. The fourth-order valence-electron chi connectivity index (χ4n) is 2.05. The lowest BCUT2D eigenvalue weighted by atomic mass is 10.1. The van der Waals surface area contributed by atoms with E-state index in [1.54, 1.807) is 17.8 Å². The summed E-state index contributed by atoms with van der Waals surface area (Å²) in [6.07, 6.45) is 4.97. The van der Waals surface area contributed by atoms with Crippen molar-refractivity contribution in [2.75, 3.05) is 6.26 Å². The standard InChI is InChI=1S/C14H17NOS/c1-4-10(2)15-9-8-12(16)14-11(15)6-5-7-13(14)17-3/h5-10H,4H2,1-3H3. The van der Waals surface area contributed by atoms with E-state index in [-0.39, 0.29) is 5.43 Å². The molecule has 1 unspecified atom stereocenters. The molecular formula is C14H17NOS. The summed E-state index contributed by atoms with van der Waals surface area (Å²) < 4.78 is 2.19. The molecule has 0 saturated carbocycles. The Kier molecular flexibility index (Phi) is 3.57. The Labute approximate surface area is 106 Å². The summed E-state index contributed by atoms with van der Waals surface area (Å²) in [5.74, 6) is 0. The molecule has 0 spiro atoms. The Hall–Kier alpha value is -1.22. The monoisotopic (exact) mass is 247 g/mol. The fraction of sp³-hybridized carbons (Fsp3) is 0.357. The summed E-state index contributed by atoms with van der Waals surface area (Å²) in [5.41, 5.74) is 1.16. The van der Waals surface area contributed by atoms with Crippen LogP contribution < -0.4 is 5.43 Å². The number of hydrogen-bond donors (Lipinski definition) is 0. The summed E-state index contributed by atoms with van der Waals surface area (Å²) in [6, 6.07) is 8.15. The maximum Gasteiger partial charge on any atom is 0.190 e. The van der Waals surface area contributed by atoms with Gasteiger partial charge in [-0.2, -0.15) is 0 Å². The number of pyridine rings is 1. The predicted molar refractivity (Wildman–Crippen MR) is 75.0 cm³/mol. The first-order valence-corrected chi connectivity index (χ1v) is 7.09. The van der Waals surface area contributed by atoms with E-state index in [9.17, 15) is 4.79 Å². The van der Waals surface area contributed by atoms with E-state index in [4.69, 9.17) is 0 Å². The lowest BCUT2D eigenvalue weighted by Gasteiger charge is -2.17. The molecule has 17 heavy (non-hydrogen) atoms. The van der Waals surface area contributed by atoms with Crippen molar-refractivity contribution in [3.63, 3.8) is 0 Å². The summed E-state index contributed by atoms with van der Waals surface area (Å²) in [5, 5.41) is 0.850. The normalized spacial score (nSPS) is 12.9. The second-order valence-electron chi connectivity index (χ2n) is 4.20. The smallest absolute Gasteiger partial charge is 0.190 e. The number of fused-ring (bicyclic) bond motifs is 1. The highest BCUT2D eigenvalue weighted by molar-refractivity contribution is 7.98. The maximum atomic E-state index is 12.0. The Morgan fingerprint density at radius 2 is 2.12 bits per heavy atom. The van der Waals surface area contributed by atoms with Gasteiger partial charge in [-0.1, -0.05) is 13.0 Å². The van der Waals surface area contributed by atoms with Crippen LogP contribution in [0.25, 0.3) is 10.9 Å². The third-order valence-electron chi connectivity index (χ3n) is 3.20. The largest absolute Gasteiger partial charge is 0.344 e. The van der Waals surface area contributed by atoms with Crippen molar-refractivity contribution in [3.05, 3.63) is 40.7 Å². The van der Waals surface area contributed by atoms with Gasteiger partial charge in [0.15, 0.2) is 5.43 Å². The zero-order valence-corrected chi connectivity index (χ0v) is 11.3. The van der Waals surface area contributed by atoms with Gasteiger partial charge in [0, 0.05) is 23.2 Å². The first-order valence-electron chi connectivity index (χ1n) is 5.87. The fourth-order valence-corrected chi connectivity index (χ4v) is 2.67. The van der Waals surface area contributed by atoms with Gasteiger partial charge in [-0.3, -0.25) is 4.79 Å². The summed E-state index contributed by atoms with van der Waals surface area (Å²) in [4.78, 5) is 13.1. The third-order valence-corrected chi connectivity index (χ3v) is 3.98. The number of hydrogen-bond acceptors (Lipinski definition) is 2. The SMILES string of the molecule is CCC(C)n1ccc(=O)c2c(SC)cccc21. The second kappa shape index (κ2) is 4.96. The van der Waals surface area contributed by atoms with Crippen molar-refractivity contribution in [1.29, 1.82) is 0 Å². The van der Waals surface area contributed by atoms with Crippen LogP contribution in [0.2, 0.25) is 0 Å². The Morgan fingerprint density at radius 3 is 2.76 bits per heavy atom. The molecule has 0 aliphatic carbocycles. The molecule has 0 aliphatic rings. The molecule has 0 fully saturated rings. The molecule has 90 valence electrons. The van der Waals surface area contributed by atoms with Gasteiger partial charge in [0.2, 0.25) is 0 Å². The van der Waals surface area contributed by atoms with Crippen LogP contribution in [-0.2, 0) is 0 Å². The zero-order chi connectivity index (χ0) is 12.4. The predicted octanol–water partition coefficient (Wildman–Crippen LogP) is 3.69. The van der Waals surface area contributed by atoms with E-state index >= 15 is 0 Å². The van der Waals surface area contributed by atoms with Crippen LogP contribution in [0.4, 0.5) is 0 Å². The van der Waals surface area contributed by atoms with Gasteiger partial charge < -0.3 is 4.57 Å². The minimum atomic E-state index is 0.115. The number of aromatic nitrogens is 1. The molecule has 2 aromatic rings. The number of benzene rings is 1. The Morgan fingerprint density at radius 1 is 1.35 bits per heavy atom. The average molecular weight is 247 g/mol. The lowest BCUT2D eigenvalue weighted by molar-refractivity contribution is 0.544. The van der Waals surface area contributed by atoms with E-state index in [2.05, 4.69) is 18.4 Å². The van der Waals surface area contributed by atoms with Gasteiger partial charge >= 0.3 is 0 Å². The maximum absolute atomic E-state index is 12.0. The summed E-state index contributed by atoms with van der Waals surface area (Å²) in [6.45, 7) is 4.34. The van der Waals surface area contributed by atoms with Crippen LogP contribution in [0.1, 0.15) is 26.3 Å². The van der Waals surface area contributed by atoms with Crippen molar-refractivity contribution < 1.29 is 0 Å². The van der Waals surface area contributed by atoms with Crippen molar-refractivity contribution in [2.24, 2.45) is 0 Å². The van der Waals surface area contributed by atoms with Crippen LogP contribution in [0.5, 0.6) is 0 Å². The van der Waals surface area contributed by atoms with E-state index < -0.39 is 0 Å². The van der Waals surface area contributed by atoms with E-state index in [1.807, 2.05) is 30.7 Å². The van der Waals surface area contributed by atoms with Crippen molar-refractivity contribution in [1.82, 2.24) is 4.57 Å². The number of rotatable bonds is 3. The van der Waals surface area contributed by atoms with E-state index in [1.165, 1.54) is 0 Å². The zero-order valence-electron chi connectivity index (χ0n) is 10.4. The van der Waals surface area contributed by atoms with Gasteiger partial charge in [0.25, 0.3) is 0 Å². The topological polar surface area (TPSA) is 22.0 Å². The first kappa shape index (κ1) is 12.2. The summed E-state index contributed by atoms with van der Waals surface area (Å²) >= 11 is 1.63. The lowest BCUT2D eigenvalue weighted by Crippen LogP contribution is -2.11. The Bertz CT molecular complexity index is 588. The van der Waals surface area contributed by atoms with Crippen LogP contribution in [0.3, 0.4) is 0 Å². The molecule has 1 heterocycles. The first-order chi connectivity index (χ1) is 8.19. The van der Waals surface area contributed by atoms with Gasteiger partial charge in [-0.05, 0) is 31.7 Å². The molecular weight excluding hydrogens is 230 g/mol. The highest BCUT2D eigenvalue weighted by Gasteiger charge is 2.09. The minimum absolute atomic E-state index is 0.115. The molecule has 0 N–H and O–H groups in total. The van der Waals surface area contributed by atoms with Crippen molar-refractivity contribution in [2.45, 2.75) is 31.2 Å². The van der Waals surface area contributed by atoms with E-state index in [0.717, 1.165) is 22.2 Å². The molecule has 0 amide bonds. The number of nitrogens with zero attached hydrogens (tertiary/aromatic N) is 1. The second-order valence-corrected chi connectivity index (χ2v) is 5.05. The molecule has 0 saturated heterocycles. The van der Waals surface area contributed by atoms with Crippen LogP contribution in [-0.4, -0.2) is 10.8 Å². The molecule has 1 aromatic heterocycles. The molecule has 2 nitrogen and oxygen atoms in total. The van der Waals surface area contributed by atoms with Gasteiger partial charge in [-0.25, -0.2) is 0 Å². The van der Waals surface area contributed by atoms with Crippen molar-refractivity contribution in [3.8, 4) is 0 Å².